The van der Waals surface area contributed by atoms with Crippen LogP contribution in [0.25, 0.3) is 0 Å². The monoisotopic (exact) mass is 358 g/mol. The van der Waals surface area contributed by atoms with Gasteiger partial charge in [0.1, 0.15) is 17.4 Å². The lowest BCUT2D eigenvalue weighted by molar-refractivity contribution is -0.117. The van der Waals surface area contributed by atoms with Crippen LogP contribution in [-0.2, 0) is 4.79 Å². The van der Waals surface area contributed by atoms with Crippen molar-refractivity contribution in [2.75, 3.05) is 5.32 Å². The van der Waals surface area contributed by atoms with Crippen molar-refractivity contribution in [1.82, 2.24) is 10.5 Å². The molecule has 6 heteroatoms. The molecule has 1 fully saturated rings. The normalized spacial score (nSPS) is 18.2. The van der Waals surface area contributed by atoms with Gasteiger partial charge in [-0.05, 0) is 19.8 Å². The third-order valence-corrected chi connectivity index (χ3v) is 4.80. The van der Waals surface area contributed by atoms with Crippen LogP contribution in [0.5, 0.6) is 0 Å². The number of nitrogens with one attached hydrogen (secondary N) is 2. The van der Waals surface area contributed by atoms with Gasteiger partial charge in [-0.2, -0.15) is 5.26 Å². The first-order chi connectivity index (χ1) is 12.7. The summed E-state index contributed by atoms with van der Waals surface area (Å²) in [6.07, 6.45) is 14.6. The highest BCUT2D eigenvalue weighted by atomic mass is 16.5. The first kappa shape index (κ1) is 20.0. The SMILES string of the molecule is Cc1cc(N/C=C(/C#N)C(=O)NC2CCCCCCCCCCC2)no1. The van der Waals surface area contributed by atoms with E-state index in [4.69, 9.17) is 4.52 Å². The molecule has 2 N–H and O–H groups in total. The van der Waals surface area contributed by atoms with E-state index < -0.39 is 0 Å². The van der Waals surface area contributed by atoms with E-state index in [1.165, 1.54) is 51.1 Å². The van der Waals surface area contributed by atoms with E-state index in [9.17, 15) is 10.1 Å². The fourth-order valence-electron chi connectivity index (χ4n) is 3.30. The molecule has 0 atom stereocenters. The van der Waals surface area contributed by atoms with Gasteiger partial charge in [0.15, 0.2) is 5.82 Å². The summed E-state index contributed by atoms with van der Waals surface area (Å²) in [6, 6.07) is 3.82. The standard InChI is InChI=1S/C20H30N4O2/c1-16-13-19(24-26-16)22-15-17(14-21)20(25)23-18-11-9-7-5-3-2-4-6-8-10-12-18/h13,15,18H,2-12H2,1H3,(H,22,24)(H,23,25)/b17-15-. The summed E-state index contributed by atoms with van der Waals surface area (Å²) in [7, 11) is 0. The summed E-state index contributed by atoms with van der Waals surface area (Å²) < 4.78 is 4.95. The lowest BCUT2D eigenvalue weighted by Gasteiger charge is -2.19. The summed E-state index contributed by atoms with van der Waals surface area (Å²) in [5.74, 6) is 0.823. The van der Waals surface area contributed by atoms with Crippen molar-refractivity contribution < 1.29 is 9.32 Å². The van der Waals surface area contributed by atoms with E-state index in [1.54, 1.807) is 13.0 Å². The molecule has 1 amide bonds. The van der Waals surface area contributed by atoms with Crippen LogP contribution in [0, 0.1) is 18.3 Å². The van der Waals surface area contributed by atoms with Crippen LogP contribution in [-0.4, -0.2) is 17.1 Å². The fraction of sp³-hybridized carbons (Fsp3) is 0.650. The van der Waals surface area contributed by atoms with Gasteiger partial charge in [0.2, 0.25) is 0 Å². The Balaban J connectivity index is 1.89. The Labute approximate surface area is 156 Å². The number of rotatable bonds is 4. The first-order valence-electron chi connectivity index (χ1n) is 9.80. The number of nitrogens with zero attached hydrogens (tertiary/aromatic N) is 2. The maximum Gasteiger partial charge on any atom is 0.263 e. The molecule has 0 spiro atoms. The van der Waals surface area contributed by atoms with Gasteiger partial charge in [-0.3, -0.25) is 4.79 Å². The van der Waals surface area contributed by atoms with Gasteiger partial charge >= 0.3 is 0 Å². The molecule has 1 aliphatic rings. The molecule has 0 unspecified atom stereocenters. The van der Waals surface area contributed by atoms with Crippen LogP contribution in [0.15, 0.2) is 22.4 Å². The highest BCUT2D eigenvalue weighted by molar-refractivity contribution is 5.97. The molecular formula is C20H30N4O2. The summed E-state index contributed by atoms with van der Waals surface area (Å²) in [5.41, 5.74) is 0.0526. The van der Waals surface area contributed by atoms with Gasteiger partial charge < -0.3 is 15.2 Å². The lowest BCUT2D eigenvalue weighted by Crippen LogP contribution is -2.35. The molecule has 0 aromatic carbocycles. The van der Waals surface area contributed by atoms with E-state index in [0.29, 0.717) is 11.6 Å². The molecule has 0 radical (unpaired) electrons. The van der Waals surface area contributed by atoms with E-state index in [2.05, 4.69) is 15.8 Å². The lowest BCUT2D eigenvalue weighted by atomic mass is 9.98. The topological polar surface area (TPSA) is 91.0 Å². The summed E-state index contributed by atoms with van der Waals surface area (Å²) in [5, 5.41) is 19.0. The first-order valence-corrected chi connectivity index (χ1v) is 9.80. The Hall–Kier alpha value is -2.29. The number of anilines is 1. The zero-order valence-corrected chi connectivity index (χ0v) is 15.7. The summed E-state index contributed by atoms with van der Waals surface area (Å²) in [4.78, 5) is 12.5. The van der Waals surface area contributed by atoms with Crippen molar-refractivity contribution in [3.63, 3.8) is 0 Å². The highest BCUT2D eigenvalue weighted by Gasteiger charge is 2.16. The Morgan fingerprint density at radius 3 is 2.23 bits per heavy atom. The molecule has 1 aromatic heterocycles. The van der Waals surface area contributed by atoms with Crippen LogP contribution in [0.3, 0.4) is 0 Å². The number of amides is 1. The zero-order chi connectivity index (χ0) is 18.6. The molecule has 1 aromatic rings. The molecule has 1 saturated carbocycles. The predicted molar refractivity (Wildman–Crippen MR) is 101 cm³/mol. The van der Waals surface area contributed by atoms with E-state index in [0.717, 1.165) is 25.7 Å². The average Bonchev–Trinajstić information content (AvgIpc) is 3.03. The Morgan fingerprint density at radius 2 is 1.73 bits per heavy atom. The molecule has 142 valence electrons. The maximum atomic E-state index is 12.5. The van der Waals surface area contributed by atoms with Crippen molar-refractivity contribution >= 4 is 11.7 Å². The summed E-state index contributed by atoms with van der Waals surface area (Å²) in [6.45, 7) is 1.78. The van der Waals surface area contributed by atoms with Gasteiger partial charge in [-0.25, -0.2) is 0 Å². The second-order valence-electron chi connectivity index (χ2n) is 7.07. The minimum atomic E-state index is -0.322. The van der Waals surface area contributed by atoms with Crippen LogP contribution in [0.4, 0.5) is 5.82 Å². The molecule has 1 aliphatic carbocycles. The second-order valence-corrected chi connectivity index (χ2v) is 7.07. The second kappa shape index (κ2) is 11.3. The smallest absolute Gasteiger partial charge is 0.263 e. The van der Waals surface area contributed by atoms with Crippen molar-refractivity contribution in [3.05, 3.63) is 23.6 Å². The number of aromatic nitrogens is 1. The maximum absolute atomic E-state index is 12.5. The van der Waals surface area contributed by atoms with Gasteiger partial charge in [-0.15, -0.1) is 0 Å². The zero-order valence-electron chi connectivity index (χ0n) is 15.7. The fourth-order valence-corrected chi connectivity index (χ4v) is 3.30. The number of hydrogen-bond acceptors (Lipinski definition) is 5. The highest BCUT2D eigenvalue weighted by Crippen LogP contribution is 2.17. The largest absolute Gasteiger partial charge is 0.360 e. The minimum absolute atomic E-state index is 0.0526. The van der Waals surface area contributed by atoms with Crippen LogP contribution in [0.1, 0.15) is 76.4 Å². The molecule has 1 heterocycles. The average molecular weight is 358 g/mol. The quantitative estimate of drug-likeness (QED) is 0.606. The minimum Gasteiger partial charge on any atom is -0.360 e. The van der Waals surface area contributed by atoms with Crippen molar-refractivity contribution in [3.8, 4) is 6.07 Å². The van der Waals surface area contributed by atoms with Gasteiger partial charge in [0, 0.05) is 18.3 Å². The van der Waals surface area contributed by atoms with Crippen LogP contribution >= 0.6 is 0 Å². The van der Waals surface area contributed by atoms with Crippen molar-refractivity contribution in [2.24, 2.45) is 0 Å². The molecule has 2 rings (SSSR count). The Morgan fingerprint density at radius 1 is 1.15 bits per heavy atom. The van der Waals surface area contributed by atoms with Gasteiger partial charge in [0.05, 0.1) is 0 Å². The summed E-state index contributed by atoms with van der Waals surface area (Å²) >= 11 is 0. The number of carbonyl (C=O) groups is 1. The molecule has 26 heavy (non-hydrogen) atoms. The molecule has 6 nitrogen and oxygen atoms in total. The number of nitriles is 1. The third-order valence-electron chi connectivity index (χ3n) is 4.80. The Kier molecular flexibility index (Phi) is 8.74. The number of carbonyl (C=O) groups excluding carboxylic acids is 1. The van der Waals surface area contributed by atoms with E-state index in [-0.39, 0.29) is 17.5 Å². The number of hydrogen-bond donors (Lipinski definition) is 2. The van der Waals surface area contributed by atoms with Gasteiger partial charge in [0.25, 0.3) is 5.91 Å². The van der Waals surface area contributed by atoms with Crippen molar-refractivity contribution in [2.45, 2.75) is 83.6 Å². The molecule has 0 aliphatic heterocycles. The molecular weight excluding hydrogens is 328 g/mol. The van der Waals surface area contributed by atoms with Crippen LogP contribution in [0.2, 0.25) is 0 Å². The third kappa shape index (κ3) is 7.30. The predicted octanol–water partition coefficient (Wildman–Crippen LogP) is 4.59. The van der Waals surface area contributed by atoms with Crippen LogP contribution < -0.4 is 10.6 Å². The molecule has 0 saturated heterocycles. The van der Waals surface area contributed by atoms with E-state index >= 15 is 0 Å². The molecule has 0 bridgehead atoms. The van der Waals surface area contributed by atoms with Crippen molar-refractivity contribution in [1.29, 1.82) is 5.26 Å². The van der Waals surface area contributed by atoms with E-state index in [1.807, 2.05) is 6.07 Å². The number of aryl methyl sites for hydroxylation is 1. The Bertz CT molecular complexity index is 618. The van der Waals surface area contributed by atoms with Gasteiger partial charge in [-0.1, -0.05) is 62.9 Å².